The van der Waals surface area contributed by atoms with E-state index in [-0.39, 0.29) is 34.5 Å². The highest BCUT2D eigenvalue weighted by atomic mass is 32.2. The van der Waals surface area contributed by atoms with E-state index in [1.807, 2.05) is 26.0 Å². The normalized spacial score (nSPS) is 16.8. The van der Waals surface area contributed by atoms with Crippen LogP contribution in [0.15, 0.2) is 39.2 Å². The largest absolute Gasteiger partial charge is 0.505 e. The Morgan fingerprint density at radius 2 is 1.21 bits per heavy atom. The molecule has 12 heteroatoms. The first-order chi connectivity index (χ1) is 16.4. The van der Waals surface area contributed by atoms with Crippen LogP contribution in [0.1, 0.15) is 39.5 Å². The van der Waals surface area contributed by atoms with Crippen molar-refractivity contribution in [3.63, 3.8) is 0 Å². The summed E-state index contributed by atoms with van der Waals surface area (Å²) >= 11 is 4.28. The number of hydrogen-bond acceptors (Lipinski definition) is 10. The van der Waals surface area contributed by atoms with Crippen LogP contribution in [-0.2, 0) is 9.59 Å². The average molecular weight is 533 g/mol. The van der Waals surface area contributed by atoms with Gasteiger partial charge in [-0.25, -0.2) is 10.0 Å². The SMILES string of the molecule is CCCCN1C(=O)C(=C2Sc3c(O)c4c(c(O)c3S2)SC(=C(C#N)C#N)S4)C(=O)N1CCCC. The molecule has 0 spiro atoms. The van der Waals surface area contributed by atoms with Crippen molar-refractivity contribution < 1.29 is 19.8 Å². The number of hydrazine groups is 1. The molecule has 3 heterocycles. The summed E-state index contributed by atoms with van der Waals surface area (Å²) < 4.78 is 0.822. The maximum absolute atomic E-state index is 13.3. The highest BCUT2D eigenvalue weighted by Crippen LogP contribution is 2.68. The molecule has 0 atom stereocenters. The maximum Gasteiger partial charge on any atom is 0.279 e. The van der Waals surface area contributed by atoms with Gasteiger partial charge in [-0.15, -0.1) is 0 Å². The predicted octanol–water partition coefficient (Wildman–Crippen LogP) is 5.15. The van der Waals surface area contributed by atoms with E-state index in [1.165, 1.54) is 10.0 Å². The van der Waals surface area contributed by atoms with Gasteiger partial charge in [-0.3, -0.25) is 9.59 Å². The van der Waals surface area contributed by atoms with Crippen LogP contribution >= 0.6 is 47.0 Å². The van der Waals surface area contributed by atoms with Crippen LogP contribution in [0.4, 0.5) is 0 Å². The summed E-state index contributed by atoms with van der Waals surface area (Å²) in [5.74, 6) is -0.902. The van der Waals surface area contributed by atoms with Crippen LogP contribution in [0.5, 0.6) is 11.5 Å². The number of carbonyl (C=O) groups is 2. The van der Waals surface area contributed by atoms with Gasteiger partial charge in [0.05, 0.1) is 28.1 Å². The van der Waals surface area contributed by atoms with Crippen molar-refractivity contribution in [1.29, 1.82) is 10.5 Å². The van der Waals surface area contributed by atoms with Gasteiger partial charge in [-0.1, -0.05) is 73.7 Å². The molecule has 4 rings (SSSR count). The minimum absolute atomic E-state index is 0.0644. The quantitative estimate of drug-likeness (QED) is 0.220. The first kappa shape index (κ1) is 24.7. The van der Waals surface area contributed by atoms with Gasteiger partial charge >= 0.3 is 0 Å². The molecule has 2 amide bonds. The Kier molecular flexibility index (Phi) is 7.33. The van der Waals surface area contributed by atoms with E-state index in [1.54, 1.807) is 0 Å². The molecule has 0 aromatic heterocycles. The number of unbranched alkanes of at least 4 members (excludes halogenated alkanes) is 2. The van der Waals surface area contributed by atoms with Crippen molar-refractivity contribution >= 4 is 58.9 Å². The number of nitrogens with zero attached hydrogens (tertiary/aromatic N) is 4. The van der Waals surface area contributed by atoms with E-state index in [0.29, 0.717) is 41.1 Å². The highest BCUT2D eigenvalue weighted by Gasteiger charge is 2.45. The molecule has 176 valence electrons. The van der Waals surface area contributed by atoms with Crippen LogP contribution in [0.25, 0.3) is 0 Å². The number of carbonyl (C=O) groups excluding carboxylic acids is 2. The van der Waals surface area contributed by atoms with Crippen LogP contribution in [0.3, 0.4) is 0 Å². The Balaban J connectivity index is 1.72. The van der Waals surface area contributed by atoms with Crippen molar-refractivity contribution in [2.45, 2.75) is 59.1 Å². The number of rotatable bonds is 6. The Bertz CT molecular complexity index is 1160. The van der Waals surface area contributed by atoms with Gasteiger partial charge in [0.2, 0.25) is 0 Å². The predicted molar refractivity (Wildman–Crippen MR) is 132 cm³/mol. The van der Waals surface area contributed by atoms with Crippen LogP contribution in [0.2, 0.25) is 0 Å². The van der Waals surface area contributed by atoms with Crippen molar-refractivity contribution in [3.05, 3.63) is 19.6 Å². The minimum atomic E-state index is -0.356. The smallest absolute Gasteiger partial charge is 0.279 e. The number of benzene rings is 1. The summed E-state index contributed by atoms with van der Waals surface area (Å²) in [6.45, 7) is 4.96. The lowest BCUT2D eigenvalue weighted by Gasteiger charge is -2.27. The van der Waals surface area contributed by atoms with Crippen LogP contribution < -0.4 is 0 Å². The van der Waals surface area contributed by atoms with E-state index in [2.05, 4.69) is 0 Å². The summed E-state index contributed by atoms with van der Waals surface area (Å²) in [4.78, 5) is 28.0. The number of aromatic hydroxyl groups is 2. The van der Waals surface area contributed by atoms with Gasteiger partial charge < -0.3 is 10.2 Å². The van der Waals surface area contributed by atoms with Gasteiger partial charge in [0.1, 0.15) is 34.8 Å². The van der Waals surface area contributed by atoms with E-state index < -0.39 is 0 Å². The lowest BCUT2D eigenvalue weighted by Crippen LogP contribution is -2.42. The number of amides is 2. The van der Waals surface area contributed by atoms with Crippen LogP contribution in [0, 0.1) is 22.7 Å². The molecule has 3 aliphatic rings. The molecule has 0 unspecified atom stereocenters. The topological polar surface area (TPSA) is 129 Å². The molecule has 34 heavy (non-hydrogen) atoms. The standard InChI is InChI=1S/C22H20N4O4S4/c1-3-5-7-25-19(29)12(20(30)26(25)8-6-4-2)22-33-17-13(27)15-16(14(28)18(17)34-22)32-21(31-15)11(9-23)10-24/h27-28H,3-8H2,1-2H3. The summed E-state index contributed by atoms with van der Waals surface area (Å²) in [5.41, 5.74) is -0.0238. The molecular weight excluding hydrogens is 513 g/mol. The third-order valence-electron chi connectivity index (χ3n) is 5.32. The zero-order valence-corrected chi connectivity index (χ0v) is 21.6. The fourth-order valence-electron chi connectivity index (χ4n) is 3.55. The average Bonchev–Trinajstić information content (AvgIpc) is 3.51. The zero-order chi connectivity index (χ0) is 24.6. The zero-order valence-electron chi connectivity index (χ0n) is 18.4. The highest BCUT2D eigenvalue weighted by molar-refractivity contribution is 8.26. The molecule has 0 bridgehead atoms. The Morgan fingerprint density at radius 1 is 0.794 bits per heavy atom. The number of nitriles is 2. The number of thioether (sulfide) groups is 4. The Morgan fingerprint density at radius 3 is 1.59 bits per heavy atom. The summed E-state index contributed by atoms with van der Waals surface area (Å²) in [6, 6.07) is 3.65. The number of phenols is 2. The fraction of sp³-hybridized carbons (Fsp3) is 0.364. The van der Waals surface area contributed by atoms with Gasteiger partial charge in [-0.2, -0.15) is 10.5 Å². The molecule has 2 N–H and O–H groups in total. The Hall–Kier alpha value is -2.38. The number of hydrogen-bond donors (Lipinski definition) is 2. The molecule has 1 aromatic rings. The molecule has 0 saturated carbocycles. The molecule has 3 aliphatic heterocycles. The Labute approximate surface area is 214 Å². The second kappa shape index (κ2) is 10.1. The van der Waals surface area contributed by atoms with Crippen molar-refractivity contribution in [3.8, 4) is 23.6 Å². The second-order valence-electron chi connectivity index (χ2n) is 7.53. The molecule has 8 nitrogen and oxygen atoms in total. The first-order valence-corrected chi connectivity index (χ1v) is 13.9. The van der Waals surface area contributed by atoms with Gasteiger partial charge in [-0.05, 0) is 12.8 Å². The van der Waals surface area contributed by atoms with Crippen LogP contribution in [-0.4, -0.2) is 45.1 Å². The monoisotopic (exact) mass is 532 g/mol. The number of phenolic OH excluding ortho intramolecular Hbond substituents is 2. The second-order valence-corrected chi connectivity index (χ2v) is 12.1. The first-order valence-electron chi connectivity index (χ1n) is 10.6. The van der Waals surface area contributed by atoms with Crippen molar-refractivity contribution in [2.24, 2.45) is 0 Å². The number of allylic oxidation sites excluding steroid dienone is 1. The van der Waals surface area contributed by atoms with E-state index in [9.17, 15) is 19.8 Å². The van der Waals surface area contributed by atoms with Gasteiger partial charge in [0.15, 0.2) is 0 Å². The van der Waals surface area contributed by atoms with Crippen molar-refractivity contribution in [1.82, 2.24) is 10.0 Å². The lowest BCUT2D eigenvalue weighted by atomic mass is 10.3. The molecule has 0 aliphatic carbocycles. The molecule has 1 fully saturated rings. The molecule has 0 radical (unpaired) electrons. The maximum atomic E-state index is 13.3. The summed E-state index contributed by atoms with van der Waals surface area (Å²) in [6.07, 6.45) is 3.32. The lowest BCUT2D eigenvalue weighted by molar-refractivity contribution is -0.147. The van der Waals surface area contributed by atoms with Gasteiger partial charge in [0, 0.05) is 13.1 Å². The number of fused-ring (bicyclic) bond motifs is 2. The molecule has 1 aromatic carbocycles. The van der Waals surface area contributed by atoms with Gasteiger partial charge in [0.25, 0.3) is 11.8 Å². The molecule has 1 saturated heterocycles. The molecular formula is C22H20N4O4S4. The van der Waals surface area contributed by atoms with E-state index in [4.69, 9.17) is 10.5 Å². The van der Waals surface area contributed by atoms with E-state index in [0.717, 1.165) is 72.7 Å². The summed E-state index contributed by atoms with van der Waals surface area (Å²) in [7, 11) is 0. The third kappa shape index (κ3) is 4.03. The van der Waals surface area contributed by atoms with E-state index >= 15 is 0 Å². The minimum Gasteiger partial charge on any atom is -0.505 e. The summed E-state index contributed by atoms with van der Waals surface area (Å²) in [5, 5.41) is 43.2. The van der Waals surface area contributed by atoms with Crippen molar-refractivity contribution in [2.75, 3.05) is 13.1 Å². The fourth-order valence-corrected chi connectivity index (χ4v) is 8.75. The third-order valence-corrected chi connectivity index (χ3v) is 10.5.